The van der Waals surface area contributed by atoms with Gasteiger partial charge in [-0.05, 0) is 31.7 Å². The second kappa shape index (κ2) is 5.19. The number of nitrogens with zero attached hydrogens (tertiary/aromatic N) is 4. The molecule has 2 aromatic heterocycles. The molecule has 6 heteroatoms. The summed E-state index contributed by atoms with van der Waals surface area (Å²) in [6.45, 7) is 1.43. The second-order valence-electron chi connectivity index (χ2n) is 6.20. The zero-order valence-electron chi connectivity index (χ0n) is 12.3. The first-order valence-electron chi connectivity index (χ1n) is 7.83. The van der Waals surface area contributed by atoms with Crippen molar-refractivity contribution in [2.75, 3.05) is 13.1 Å². The Morgan fingerprint density at radius 3 is 2.95 bits per heavy atom. The van der Waals surface area contributed by atoms with Gasteiger partial charge in [-0.15, -0.1) is 0 Å². The average molecular weight is 298 g/mol. The summed E-state index contributed by atoms with van der Waals surface area (Å²) in [4.78, 5) is 35.1. The lowest BCUT2D eigenvalue weighted by molar-refractivity contribution is -0.134. The molecule has 0 unspecified atom stereocenters. The molecule has 1 saturated heterocycles. The summed E-state index contributed by atoms with van der Waals surface area (Å²) >= 11 is 0. The van der Waals surface area contributed by atoms with Gasteiger partial charge in [-0.3, -0.25) is 19.1 Å². The third kappa shape index (κ3) is 2.28. The molecule has 1 atom stereocenters. The summed E-state index contributed by atoms with van der Waals surface area (Å²) in [5.74, 6) is 0.493. The molecule has 0 bridgehead atoms. The van der Waals surface area contributed by atoms with Gasteiger partial charge in [0.25, 0.3) is 5.56 Å². The van der Waals surface area contributed by atoms with E-state index in [1.165, 1.54) is 0 Å². The number of carbonyl (C=O) groups excluding carboxylic acids is 1. The van der Waals surface area contributed by atoms with Crippen molar-refractivity contribution in [1.29, 1.82) is 0 Å². The lowest BCUT2D eigenvalue weighted by Crippen LogP contribution is -2.43. The SMILES string of the molecule is O=C(C1CC1)N1CCC[C@H](n2cnc3cnccc3c2=O)C1. The maximum atomic E-state index is 12.6. The largest absolute Gasteiger partial charge is 0.340 e. The van der Waals surface area contributed by atoms with Gasteiger partial charge in [-0.1, -0.05) is 0 Å². The molecule has 2 aromatic rings. The molecule has 0 radical (unpaired) electrons. The number of carbonyl (C=O) groups is 1. The van der Waals surface area contributed by atoms with Crippen LogP contribution in [0, 0.1) is 5.92 Å². The van der Waals surface area contributed by atoms with Crippen LogP contribution in [0.15, 0.2) is 29.6 Å². The van der Waals surface area contributed by atoms with E-state index >= 15 is 0 Å². The third-order valence-corrected chi connectivity index (χ3v) is 4.61. The third-order valence-electron chi connectivity index (χ3n) is 4.61. The lowest BCUT2D eigenvalue weighted by Gasteiger charge is -2.33. The fraction of sp³-hybridized carbons (Fsp3) is 0.500. The molecule has 1 amide bonds. The van der Waals surface area contributed by atoms with Gasteiger partial charge < -0.3 is 4.90 Å². The Morgan fingerprint density at radius 1 is 1.27 bits per heavy atom. The van der Waals surface area contributed by atoms with Crippen LogP contribution in [0.5, 0.6) is 0 Å². The highest BCUT2D eigenvalue weighted by Gasteiger charge is 2.35. The van der Waals surface area contributed by atoms with Gasteiger partial charge in [0.2, 0.25) is 5.91 Å². The maximum Gasteiger partial charge on any atom is 0.261 e. The summed E-state index contributed by atoms with van der Waals surface area (Å²) < 4.78 is 1.69. The van der Waals surface area contributed by atoms with E-state index < -0.39 is 0 Å². The van der Waals surface area contributed by atoms with Crippen LogP contribution in [0.2, 0.25) is 0 Å². The number of piperidine rings is 1. The van der Waals surface area contributed by atoms with E-state index in [4.69, 9.17) is 0 Å². The van der Waals surface area contributed by atoms with Crippen LogP contribution in [0.4, 0.5) is 0 Å². The minimum Gasteiger partial charge on any atom is -0.340 e. The Kier molecular flexibility index (Phi) is 3.17. The van der Waals surface area contributed by atoms with Crippen LogP contribution in [0.25, 0.3) is 10.9 Å². The first-order chi connectivity index (χ1) is 10.7. The fourth-order valence-corrected chi connectivity index (χ4v) is 3.22. The number of rotatable bonds is 2. The number of likely N-dealkylation sites (tertiary alicyclic amines) is 1. The zero-order valence-corrected chi connectivity index (χ0v) is 12.3. The van der Waals surface area contributed by atoms with E-state index in [-0.39, 0.29) is 23.4 Å². The Bertz CT molecular complexity index is 781. The molecule has 1 aliphatic heterocycles. The summed E-state index contributed by atoms with van der Waals surface area (Å²) in [5, 5.41) is 0.586. The molecule has 22 heavy (non-hydrogen) atoms. The topological polar surface area (TPSA) is 68.1 Å². The van der Waals surface area contributed by atoms with Gasteiger partial charge in [0.15, 0.2) is 0 Å². The van der Waals surface area contributed by atoms with Gasteiger partial charge in [0.05, 0.1) is 29.5 Å². The second-order valence-corrected chi connectivity index (χ2v) is 6.20. The normalized spacial score (nSPS) is 22.0. The molecule has 114 valence electrons. The predicted octanol–water partition coefficient (Wildman–Crippen LogP) is 1.36. The quantitative estimate of drug-likeness (QED) is 0.839. The number of amides is 1. The highest BCUT2D eigenvalue weighted by molar-refractivity contribution is 5.81. The highest BCUT2D eigenvalue weighted by Crippen LogP contribution is 2.33. The van der Waals surface area contributed by atoms with Gasteiger partial charge in [-0.2, -0.15) is 0 Å². The molecule has 0 N–H and O–H groups in total. The van der Waals surface area contributed by atoms with E-state index in [0.29, 0.717) is 17.4 Å². The lowest BCUT2D eigenvalue weighted by atomic mass is 10.0. The zero-order chi connectivity index (χ0) is 15.1. The molecule has 0 spiro atoms. The van der Waals surface area contributed by atoms with Gasteiger partial charge in [0.1, 0.15) is 0 Å². The Morgan fingerprint density at radius 2 is 2.14 bits per heavy atom. The van der Waals surface area contributed by atoms with Crippen molar-refractivity contribution in [3.05, 3.63) is 35.1 Å². The van der Waals surface area contributed by atoms with E-state index in [9.17, 15) is 9.59 Å². The number of hydrogen-bond donors (Lipinski definition) is 0. The van der Waals surface area contributed by atoms with Crippen molar-refractivity contribution in [2.45, 2.75) is 31.7 Å². The molecule has 1 saturated carbocycles. The van der Waals surface area contributed by atoms with Crippen LogP contribution in [0.1, 0.15) is 31.7 Å². The highest BCUT2D eigenvalue weighted by atomic mass is 16.2. The molecule has 4 rings (SSSR count). The Balaban J connectivity index is 1.64. The summed E-state index contributed by atoms with van der Waals surface area (Å²) in [7, 11) is 0. The first-order valence-corrected chi connectivity index (χ1v) is 7.83. The van der Waals surface area contributed by atoms with Crippen molar-refractivity contribution >= 4 is 16.8 Å². The van der Waals surface area contributed by atoms with Gasteiger partial charge >= 0.3 is 0 Å². The number of hydrogen-bond acceptors (Lipinski definition) is 4. The van der Waals surface area contributed by atoms with Crippen molar-refractivity contribution in [3.8, 4) is 0 Å². The predicted molar refractivity (Wildman–Crippen MR) is 81.4 cm³/mol. The maximum absolute atomic E-state index is 12.6. The molecule has 6 nitrogen and oxygen atoms in total. The minimum absolute atomic E-state index is 0.0222. The van der Waals surface area contributed by atoms with Gasteiger partial charge in [0, 0.05) is 25.2 Å². The van der Waals surface area contributed by atoms with Crippen molar-refractivity contribution in [3.63, 3.8) is 0 Å². The monoisotopic (exact) mass is 298 g/mol. The minimum atomic E-state index is -0.0434. The van der Waals surface area contributed by atoms with Crippen molar-refractivity contribution < 1.29 is 4.79 Å². The molecular formula is C16H18N4O2. The number of pyridine rings is 1. The van der Waals surface area contributed by atoms with E-state index in [1.807, 2.05) is 4.90 Å². The Hall–Kier alpha value is -2.24. The van der Waals surface area contributed by atoms with Crippen LogP contribution in [0.3, 0.4) is 0 Å². The molecular weight excluding hydrogens is 280 g/mol. The summed E-state index contributed by atoms with van der Waals surface area (Å²) in [5.41, 5.74) is 0.573. The first kappa shape index (κ1) is 13.4. The Labute approximate surface area is 127 Å². The van der Waals surface area contributed by atoms with Crippen LogP contribution < -0.4 is 5.56 Å². The average Bonchev–Trinajstić information content (AvgIpc) is 3.40. The number of fused-ring (bicyclic) bond motifs is 1. The molecule has 2 fully saturated rings. The van der Waals surface area contributed by atoms with E-state index in [1.54, 1.807) is 29.4 Å². The molecule has 3 heterocycles. The van der Waals surface area contributed by atoms with Gasteiger partial charge in [-0.25, -0.2) is 4.98 Å². The summed E-state index contributed by atoms with van der Waals surface area (Å²) in [6, 6.07) is 1.73. The van der Waals surface area contributed by atoms with E-state index in [2.05, 4.69) is 9.97 Å². The molecule has 2 aliphatic rings. The summed E-state index contributed by atoms with van der Waals surface area (Å²) in [6.07, 6.45) is 8.69. The fourth-order valence-electron chi connectivity index (χ4n) is 3.22. The van der Waals surface area contributed by atoms with Crippen LogP contribution >= 0.6 is 0 Å². The smallest absolute Gasteiger partial charge is 0.261 e. The van der Waals surface area contributed by atoms with Crippen molar-refractivity contribution in [1.82, 2.24) is 19.4 Å². The molecule has 0 aromatic carbocycles. The van der Waals surface area contributed by atoms with E-state index in [0.717, 1.165) is 32.2 Å². The number of aromatic nitrogens is 3. The van der Waals surface area contributed by atoms with Crippen molar-refractivity contribution in [2.24, 2.45) is 5.92 Å². The molecule has 1 aliphatic carbocycles. The van der Waals surface area contributed by atoms with Crippen LogP contribution in [-0.4, -0.2) is 38.4 Å². The van der Waals surface area contributed by atoms with Crippen LogP contribution in [-0.2, 0) is 4.79 Å². The standard InChI is InChI=1S/C16H18N4O2/c21-15(11-3-4-11)19-7-1-2-12(9-19)20-10-18-14-8-17-6-5-13(14)16(20)22/h5-6,8,10-12H,1-4,7,9H2/t12-/m0/s1.